The number of hydrogen-bond donors (Lipinski definition) is 0. The first-order valence-corrected chi connectivity index (χ1v) is 10.3. The Bertz CT molecular complexity index is 1080. The molecule has 0 aliphatic rings. The second kappa shape index (κ2) is 9.49. The summed E-state index contributed by atoms with van der Waals surface area (Å²) in [5.74, 6) is -1.63. The zero-order valence-corrected chi connectivity index (χ0v) is 16.8. The maximum atomic E-state index is 13.4. The van der Waals surface area contributed by atoms with E-state index in [2.05, 4.69) is 66.7 Å². The van der Waals surface area contributed by atoms with Gasteiger partial charge in [-0.3, -0.25) is 0 Å². The van der Waals surface area contributed by atoms with Crippen LogP contribution in [0.2, 0.25) is 0 Å². The molecule has 0 bridgehead atoms. The van der Waals surface area contributed by atoms with Gasteiger partial charge in [-0.15, -0.1) is 0 Å². The fourth-order valence-corrected chi connectivity index (χ4v) is 3.63. The van der Waals surface area contributed by atoms with Crippen LogP contribution >= 0.6 is 0 Å². The first-order chi connectivity index (χ1) is 14.7. The first-order valence-electron chi connectivity index (χ1n) is 10.3. The molecule has 0 aliphatic heterocycles. The van der Waals surface area contributed by atoms with Crippen molar-refractivity contribution in [3.8, 4) is 11.1 Å². The molecular weight excluding hydrogens is 374 g/mol. The molecule has 0 nitrogen and oxygen atoms in total. The summed E-state index contributed by atoms with van der Waals surface area (Å²) in [7, 11) is 0. The summed E-state index contributed by atoms with van der Waals surface area (Å²) < 4.78 is 26.6. The van der Waals surface area contributed by atoms with Gasteiger partial charge in [0.1, 0.15) is 0 Å². The Balaban J connectivity index is 1.31. The van der Waals surface area contributed by atoms with Crippen LogP contribution in [0.25, 0.3) is 11.1 Å². The van der Waals surface area contributed by atoms with Gasteiger partial charge in [0.15, 0.2) is 11.6 Å². The van der Waals surface area contributed by atoms with Crippen molar-refractivity contribution in [1.29, 1.82) is 0 Å². The van der Waals surface area contributed by atoms with E-state index >= 15 is 0 Å². The summed E-state index contributed by atoms with van der Waals surface area (Å²) >= 11 is 0. The van der Waals surface area contributed by atoms with Crippen LogP contribution in [-0.2, 0) is 25.7 Å². The lowest BCUT2D eigenvalue weighted by atomic mass is 9.99. The second-order valence-corrected chi connectivity index (χ2v) is 7.63. The maximum absolute atomic E-state index is 13.4. The van der Waals surface area contributed by atoms with Crippen LogP contribution in [-0.4, -0.2) is 0 Å². The van der Waals surface area contributed by atoms with E-state index in [0.29, 0.717) is 5.56 Å². The van der Waals surface area contributed by atoms with Gasteiger partial charge < -0.3 is 0 Å². The fourth-order valence-electron chi connectivity index (χ4n) is 3.63. The summed E-state index contributed by atoms with van der Waals surface area (Å²) in [5.41, 5.74) is 6.86. The van der Waals surface area contributed by atoms with Gasteiger partial charge in [0.25, 0.3) is 0 Å². The molecule has 30 heavy (non-hydrogen) atoms. The molecule has 0 unspecified atom stereocenters. The molecule has 2 heteroatoms. The average Bonchev–Trinajstić information content (AvgIpc) is 2.80. The van der Waals surface area contributed by atoms with Gasteiger partial charge in [0.05, 0.1) is 0 Å². The van der Waals surface area contributed by atoms with Crippen molar-refractivity contribution < 1.29 is 8.78 Å². The van der Waals surface area contributed by atoms with E-state index in [1.165, 1.54) is 34.4 Å². The van der Waals surface area contributed by atoms with Crippen molar-refractivity contribution in [3.63, 3.8) is 0 Å². The van der Waals surface area contributed by atoms with Crippen molar-refractivity contribution in [3.05, 3.63) is 131 Å². The van der Waals surface area contributed by atoms with Gasteiger partial charge in [0.2, 0.25) is 0 Å². The lowest BCUT2D eigenvalue weighted by molar-refractivity contribution is 0.509. The van der Waals surface area contributed by atoms with E-state index in [1.54, 1.807) is 6.07 Å². The minimum absolute atomic E-state index is 0.687. The molecule has 0 aromatic heterocycles. The SMILES string of the molecule is Fc1ccc(-c2ccc(CCc3ccc(CCc4ccccc4)cc3)cc2)cc1F. The van der Waals surface area contributed by atoms with Crippen LogP contribution in [0, 0.1) is 11.6 Å². The number of hydrogen-bond acceptors (Lipinski definition) is 0. The zero-order valence-electron chi connectivity index (χ0n) is 16.8. The van der Waals surface area contributed by atoms with Crippen molar-refractivity contribution in [1.82, 2.24) is 0 Å². The van der Waals surface area contributed by atoms with Gasteiger partial charge >= 0.3 is 0 Å². The monoisotopic (exact) mass is 398 g/mol. The zero-order chi connectivity index (χ0) is 20.8. The third-order valence-corrected chi connectivity index (χ3v) is 5.48. The normalized spacial score (nSPS) is 10.9. The Morgan fingerprint density at radius 1 is 0.400 bits per heavy atom. The molecule has 150 valence electrons. The lowest BCUT2D eigenvalue weighted by Crippen LogP contribution is -1.94. The van der Waals surface area contributed by atoms with Crippen LogP contribution in [0.3, 0.4) is 0 Å². The highest BCUT2D eigenvalue weighted by Crippen LogP contribution is 2.22. The Hall–Kier alpha value is -3.26. The molecule has 4 aromatic carbocycles. The average molecular weight is 398 g/mol. The van der Waals surface area contributed by atoms with Crippen molar-refractivity contribution in [2.24, 2.45) is 0 Å². The van der Waals surface area contributed by atoms with Crippen molar-refractivity contribution in [2.45, 2.75) is 25.7 Å². The largest absolute Gasteiger partial charge is 0.204 e. The quantitative estimate of drug-likeness (QED) is 0.309. The van der Waals surface area contributed by atoms with Crippen LogP contribution in [0.4, 0.5) is 8.78 Å². The molecule has 0 saturated carbocycles. The molecule has 4 aromatic rings. The summed E-state index contributed by atoms with van der Waals surface area (Å²) in [4.78, 5) is 0. The summed E-state index contributed by atoms with van der Waals surface area (Å²) in [5, 5.41) is 0. The maximum Gasteiger partial charge on any atom is 0.159 e. The minimum atomic E-state index is -0.818. The van der Waals surface area contributed by atoms with Gasteiger partial charge in [-0.1, -0.05) is 84.9 Å². The Labute approximate surface area is 176 Å². The van der Waals surface area contributed by atoms with Gasteiger partial charge in [0, 0.05) is 0 Å². The highest BCUT2D eigenvalue weighted by molar-refractivity contribution is 5.63. The van der Waals surface area contributed by atoms with E-state index in [0.717, 1.165) is 31.2 Å². The first kappa shape index (κ1) is 20.0. The number of benzene rings is 4. The van der Waals surface area contributed by atoms with Gasteiger partial charge in [-0.2, -0.15) is 0 Å². The summed E-state index contributed by atoms with van der Waals surface area (Å²) in [6.07, 6.45) is 4.03. The lowest BCUT2D eigenvalue weighted by Gasteiger charge is -2.07. The topological polar surface area (TPSA) is 0 Å². The predicted molar refractivity (Wildman–Crippen MR) is 119 cm³/mol. The predicted octanol–water partition coefficient (Wildman–Crippen LogP) is 7.20. The molecule has 0 amide bonds. The van der Waals surface area contributed by atoms with Crippen LogP contribution in [0.15, 0.2) is 97.1 Å². The third-order valence-electron chi connectivity index (χ3n) is 5.48. The molecular formula is C28H24F2. The van der Waals surface area contributed by atoms with E-state index in [-0.39, 0.29) is 0 Å². The van der Waals surface area contributed by atoms with E-state index < -0.39 is 11.6 Å². The fraction of sp³-hybridized carbons (Fsp3) is 0.143. The smallest absolute Gasteiger partial charge is 0.159 e. The molecule has 0 saturated heterocycles. The number of rotatable bonds is 7. The van der Waals surface area contributed by atoms with Crippen LogP contribution in [0.1, 0.15) is 22.3 Å². The highest BCUT2D eigenvalue weighted by Gasteiger charge is 2.05. The standard InChI is InChI=1S/C28H24F2/c29-27-19-18-26(20-28(27)30)25-16-14-24(15-17-25)13-12-23-10-8-22(9-11-23)7-6-21-4-2-1-3-5-21/h1-5,8-11,14-20H,6-7,12-13H2. The van der Waals surface area contributed by atoms with Crippen molar-refractivity contribution >= 4 is 0 Å². The number of halogens is 2. The van der Waals surface area contributed by atoms with E-state index in [9.17, 15) is 8.78 Å². The summed E-state index contributed by atoms with van der Waals surface area (Å²) in [6.45, 7) is 0. The minimum Gasteiger partial charge on any atom is -0.204 e. The van der Waals surface area contributed by atoms with Gasteiger partial charge in [-0.05, 0) is 71.2 Å². The van der Waals surface area contributed by atoms with Gasteiger partial charge in [-0.25, -0.2) is 8.78 Å². The molecule has 0 fully saturated rings. The van der Waals surface area contributed by atoms with Crippen LogP contribution in [0.5, 0.6) is 0 Å². The molecule has 0 radical (unpaired) electrons. The molecule has 0 spiro atoms. The molecule has 4 rings (SSSR count). The summed E-state index contributed by atoms with van der Waals surface area (Å²) in [6, 6.07) is 31.5. The molecule has 0 N–H and O–H groups in total. The van der Waals surface area contributed by atoms with E-state index in [1.807, 2.05) is 12.1 Å². The molecule has 0 heterocycles. The van der Waals surface area contributed by atoms with Crippen LogP contribution < -0.4 is 0 Å². The molecule has 0 aliphatic carbocycles. The Morgan fingerprint density at radius 2 is 0.833 bits per heavy atom. The Morgan fingerprint density at radius 3 is 1.33 bits per heavy atom. The third kappa shape index (κ3) is 5.21. The second-order valence-electron chi connectivity index (χ2n) is 7.63. The Kier molecular flexibility index (Phi) is 6.34. The number of aryl methyl sites for hydroxylation is 4. The van der Waals surface area contributed by atoms with Crippen molar-refractivity contribution in [2.75, 3.05) is 0 Å². The molecule has 0 atom stereocenters. The van der Waals surface area contributed by atoms with E-state index in [4.69, 9.17) is 0 Å². The highest BCUT2D eigenvalue weighted by atomic mass is 19.2.